The van der Waals surface area contributed by atoms with E-state index >= 15 is 0 Å². The second-order valence-electron chi connectivity index (χ2n) is 6.75. The zero-order valence-corrected chi connectivity index (χ0v) is 14.2. The van der Waals surface area contributed by atoms with Crippen molar-refractivity contribution in [2.45, 2.75) is 31.8 Å². The van der Waals surface area contributed by atoms with E-state index in [0.717, 1.165) is 26.2 Å². The molecular weight excluding hydrogens is 316 g/mol. The smallest absolute Gasteiger partial charge is 0.249 e. The number of imide groups is 1. The van der Waals surface area contributed by atoms with E-state index in [-0.39, 0.29) is 17.9 Å². The van der Waals surface area contributed by atoms with E-state index in [0.29, 0.717) is 25.8 Å². The Morgan fingerprint density at radius 1 is 1.12 bits per heavy atom. The molecule has 0 radical (unpaired) electrons. The molecule has 0 saturated carbocycles. The molecule has 0 spiro atoms. The molecule has 6 nitrogen and oxygen atoms in total. The quantitative estimate of drug-likeness (QED) is 0.597. The number of fused-ring (bicyclic) bond motifs is 1. The largest absolute Gasteiger partial charge is 0.369 e. The SMILES string of the molecule is O=C1CCC(N2C#CCc3ccc(N4CCNCC4)cc3C2)C(=O)N1. The predicted molar refractivity (Wildman–Crippen MR) is 94.7 cm³/mol. The van der Waals surface area contributed by atoms with Crippen molar-refractivity contribution >= 4 is 17.5 Å². The first kappa shape index (κ1) is 16.0. The molecule has 25 heavy (non-hydrogen) atoms. The van der Waals surface area contributed by atoms with E-state index < -0.39 is 0 Å². The number of hydrogen-bond acceptors (Lipinski definition) is 5. The fraction of sp³-hybridized carbons (Fsp3) is 0.474. The Kier molecular flexibility index (Phi) is 4.33. The molecule has 1 aromatic rings. The van der Waals surface area contributed by atoms with Crippen LogP contribution in [0.2, 0.25) is 0 Å². The molecule has 0 aromatic heterocycles. The van der Waals surface area contributed by atoms with Crippen LogP contribution in [0.25, 0.3) is 0 Å². The number of benzene rings is 1. The minimum Gasteiger partial charge on any atom is -0.369 e. The molecule has 2 fully saturated rings. The molecular formula is C19H22N4O2. The molecule has 0 bridgehead atoms. The maximum atomic E-state index is 12.2. The normalized spacial score (nSPS) is 23.3. The molecule has 1 atom stereocenters. The molecule has 1 unspecified atom stereocenters. The zero-order chi connectivity index (χ0) is 17.2. The molecule has 4 rings (SSSR count). The summed E-state index contributed by atoms with van der Waals surface area (Å²) in [6.45, 7) is 4.64. The lowest BCUT2D eigenvalue weighted by Crippen LogP contribution is -2.50. The number of hydrogen-bond donors (Lipinski definition) is 2. The Hall–Kier alpha value is -2.52. The lowest BCUT2D eigenvalue weighted by molar-refractivity contribution is -0.136. The molecule has 2 saturated heterocycles. The molecule has 2 amide bonds. The number of anilines is 1. The molecule has 6 heteroatoms. The lowest BCUT2D eigenvalue weighted by Gasteiger charge is -2.31. The Labute approximate surface area is 147 Å². The highest BCUT2D eigenvalue weighted by Crippen LogP contribution is 2.25. The third kappa shape index (κ3) is 3.33. The monoisotopic (exact) mass is 338 g/mol. The molecule has 3 heterocycles. The summed E-state index contributed by atoms with van der Waals surface area (Å²) in [6.07, 6.45) is 1.61. The minimum absolute atomic E-state index is 0.189. The molecule has 1 aromatic carbocycles. The summed E-state index contributed by atoms with van der Waals surface area (Å²) < 4.78 is 0. The van der Waals surface area contributed by atoms with Gasteiger partial charge in [-0.25, -0.2) is 0 Å². The highest BCUT2D eigenvalue weighted by molar-refractivity contribution is 6.00. The standard InChI is InChI=1S/C19H22N4O2/c24-18-6-5-17(19(25)21-18)23-9-1-2-14-3-4-16(12-15(14)13-23)22-10-7-20-8-11-22/h3-4,12,17,20H,2,5-8,10-11,13H2,(H,21,24,25). The Balaban J connectivity index is 1.56. The highest BCUT2D eigenvalue weighted by atomic mass is 16.2. The van der Waals surface area contributed by atoms with Crippen LogP contribution in [0, 0.1) is 12.0 Å². The van der Waals surface area contributed by atoms with Gasteiger partial charge in [0, 0.05) is 50.8 Å². The van der Waals surface area contributed by atoms with Crippen molar-refractivity contribution in [2.24, 2.45) is 0 Å². The number of carbonyl (C=O) groups is 2. The maximum Gasteiger partial charge on any atom is 0.249 e. The Morgan fingerprint density at radius 2 is 1.96 bits per heavy atom. The van der Waals surface area contributed by atoms with Gasteiger partial charge in [0.2, 0.25) is 11.8 Å². The van der Waals surface area contributed by atoms with Gasteiger partial charge in [0.25, 0.3) is 0 Å². The van der Waals surface area contributed by atoms with E-state index in [9.17, 15) is 9.59 Å². The molecule has 2 N–H and O–H groups in total. The Bertz CT molecular complexity index is 758. The summed E-state index contributed by atoms with van der Waals surface area (Å²) in [7, 11) is 0. The third-order valence-corrected chi connectivity index (χ3v) is 5.10. The van der Waals surface area contributed by atoms with Gasteiger partial charge in [0.15, 0.2) is 0 Å². The van der Waals surface area contributed by atoms with Gasteiger partial charge in [0.05, 0.1) is 6.54 Å². The average Bonchev–Trinajstić information content (AvgIpc) is 2.84. The van der Waals surface area contributed by atoms with Crippen LogP contribution in [0.4, 0.5) is 5.69 Å². The first-order valence-corrected chi connectivity index (χ1v) is 8.87. The van der Waals surface area contributed by atoms with Gasteiger partial charge in [-0.1, -0.05) is 12.0 Å². The summed E-state index contributed by atoms with van der Waals surface area (Å²) in [4.78, 5) is 27.9. The second kappa shape index (κ2) is 6.77. The van der Waals surface area contributed by atoms with Gasteiger partial charge in [-0.05, 0) is 29.7 Å². The first-order chi connectivity index (χ1) is 12.2. The maximum absolute atomic E-state index is 12.2. The van der Waals surface area contributed by atoms with E-state index in [2.05, 4.69) is 45.7 Å². The lowest BCUT2D eigenvalue weighted by atomic mass is 10.0. The van der Waals surface area contributed by atoms with Crippen molar-refractivity contribution in [2.75, 3.05) is 31.1 Å². The van der Waals surface area contributed by atoms with E-state index in [1.54, 1.807) is 0 Å². The number of rotatable bonds is 2. The van der Waals surface area contributed by atoms with Crippen molar-refractivity contribution in [3.05, 3.63) is 29.3 Å². The van der Waals surface area contributed by atoms with Crippen LogP contribution in [0.15, 0.2) is 18.2 Å². The molecule has 0 aliphatic carbocycles. The van der Waals surface area contributed by atoms with Crippen molar-refractivity contribution < 1.29 is 9.59 Å². The number of amides is 2. The van der Waals surface area contributed by atoms with Crippen LogP contribution in [-0.2, 0) is 22.6 Å². The fourth-order valence-electron chi connectivity index (χ4n) is 3.68. The van der Waals surface area contributed by atoms with Crippen molar-refractivity contribution in [3.8, 4) is 12.0 Å². The topological polar surface area (TPSA) is 64.7 Å². The van der Waals surface area contributed by atoms with E-state index in [1.165, 1.54) is 16.8 Å². The van der Waals surface area contributed by atoms with Gasteiger partial charge in [-0.15, -0.1) is 0 Å². The summed E-state index contributed by atoms with van der Waals surface area (Å²) in [5, 5.41) is 5.81. The van der Waals surface area contributed by atoms with Gasteiger partial charge in [0.1, 0.15) is 6.04 Å². The summed E-state index contributed by atoms with van der Waals surface area (Å²) in [6, 6.07) is 9.35. The van der Waals surface area contributed by atoms with Crippen LogP contribution < -0.4 is 15.5 Å². The first-order valence-electron chi connectivity index (χ1n) is 8.87. The van der Waals surface area contributed by atoms with Crippen LogP contribution in [0.3, 0.4) is 0 Å². The fourth-order valence-corrected chi connectivity index (χ4v) is 3.68. The molecule has 130 valence electrons. The minimum atomic E-state index is -0.348. The van der Waals surface area contributed by atoms with Crippen LogP contribution in [-0.4, -0.2) is 48.9 Å². The van der Waals surface area contributed by atoms with Crippen molar-refractivity contribution in [1.82, 2.24) is 15.5 Å². The van der Waals surface area contributed by atoms with Gasteiger partial charge in [-0.2, -0.15) is 0 Å². The van der Waals surface area contributed by atoms with Crippen LogP contribution in [0.5, 0.6) is 0 Å². The van der Waals surface area contributed by atoms with Crippen molar-refractivity contribution in [1.29, 1.82) is 0 Å². The van der Waals surface area contributed by atoms with Crippen molar-refractivity contribution in [3.63, 3.8) is 0 Å². The number of piperazine rings is 1. The number of nitrogens with zero attached hydrogens (tertiary/aromatic N) is 2. The second-order valence-corrected chi connectivity index (χ2v) is 6.75. The van der Waals surface area contributed by atoms with E-state index in [4.69, 9.17) is 0 Å². The summed E-state index contributed by atoms with van der Waals surface area (Å²) in [5.74, 6) is 2.75. The molecule has 3 aliphatic heterocycles. The summed E-state index contributed by atoms with van der Waals surface area (Å²) in [5.41, 5.74) is 3.66. The van der Waals surface area contributed by atoms with Gasteiger partial charge < -0.3 is 15.1 Å². The average molecular weight is 338 g/mol. The van der Waals surface area contributed by atoms with Gasteiger partial charge in [-0.3, -0.25) is 14.9 Å². The van der Waals surface area contributed by atoms with E-state index in [1.807, 2.05) is 4.90 Å². The Morgan fingerprint density at radius 3 is 2.76 bits per heavy atom. The molecule has 3 aliphatic rings. The van der Waals surface area contributed by atoms with Gasteiger partial charge >= 0.3 is 0 Å². The highest BCUT2D eigenvalue weighted by Gasteiger charge is 2.31. The predicted octanol–water partition coefficient (Wildman–Crippen LogP) is 0.220. The van der Waals surface area contributed by atoms with Crippen LogP contribution in [0.1, 0.15) is 24.0 Å². The number of piperidine rings is 1. The number of nitrogens with one attached hydrogen (secondary N) is 2. The van der Waals surface area contributed by atoms with Crippen LogP contribution >= 0.6 is 0 Å². The summed E-state index contributed by atoms with van der Waals surface area (Å²) >= 11 is 0. The number of carbonyl (C=O) groups excluding carboxylic acids is 2. The third-order valence-electron chi connectivity index (χ3n) is 5.10. The zero-order valence-electron chi connectivity index (χ0n) is 14.2.